The number of phenols is 1. The summed E-state index contributed by atoms with van der Waals surface area (Å²) in [5.74, 6) is 0.405. The van der Waals surface area contributed by atoms with Gasteiger partial charge in [-0.15, -0.1) is 0 Å². The number of carbonyl (C=O) groups is 1. The molecule has 0 bridgehead atoms. The van der Waals surface area contributed by atoms with Crippen molar-refractivity contribution in [1.82, 2.24) is 5.32 Å². The number of nitrogens with one attached hydrogen (secondary N) is 1. The van der Waals surface area contributed by atoms with Crippen LogP contribution in [-0.2, 0) is 11.2 Å². The SMILES string of the molecule is CC(C)C(=O)NCC(C)(C)Cc1ccc2ccccc2c1O. The summed E-state index contributed by atoms with van der Waals surface area (Å²) in [7, 11) is 0. The van der Waals surface area contributed by atoms with Gasteiger partial charge in [-0.2, -0.15) is 0 Å². The number of carbonyl (C=O) groups excluding carboxylic acids is 1. The van der Waals surface area contributed by atoms with Crippen LogP contribution in [0.15, 0.2) is 36.4 Å². The van der Waals surface area contributed by atoms with E-state index in [1.165, 1.54) is 0 Å². The van der Waals surface area contributed by atoms with Gasteiger partial charge in [-0.3, -0.25) is 4.79 Å². The first-order valence-electron chi connectivity index (χ1n) is 7.77. The molecule has 2 rings (SSSR count). The van der Waals surface area contributed by atoms with E-state index in [4.69, 9.17) is 0 Å². The third-order valence-electron chi connectivity index (χ3n) is 3.92. The first kappa shape index (κ1) is 16.3. The summed E-state index contributed by atoms with van der Waals surface area (Å²) >= 11 is 0. The van der Waals surface area contributed by atoms with Crippen molar-refractivity contribution in [1.29, 1.82) is 0 Å². The Morgan fingerprint density at radius 3 is 2.55 bits per heavy atom. The lowest BCUT2D eigenvalue weighted by Crippen LogP contribution is -2.37. The van der Waals surface area contributed by atoms with Crippen LogP contribution in [0.1, 0.15) is 33.3 Å². The van der Waals surface area contributed by atoms with E-state index < -0.39 is 0 Å². The molecule has 0 saturated carbocycles. The van der Waals surface area contributed by atoms with Crippen molar-refractivity contribution in [2.24, 2.45) is 11.3 Å². The molecule has 1 amide bonds. The van der Waals surface area contributed by atoms with E-state index in [1.807, 2.05) is 50.2 Å². The van der Waals surface area contributed by atoms with Crippen LogP contribution >= 0.6 is 0 Å². The summed E-state index contributed by atoms with van der Waals surface area (Å²) in [5.41, 5.74) is 0.798. The molecule has 0 saturated heterocycles. The molecular weight excluding hydrogens is 274 g/mol. The minimum atomic E-state index is -0.121. The zero-order valence-corrected chi connectivity index (χ0v) is 13.8. The highest BCUT2D eigenvalue weighted by Crippen LogP contribution is 2.32. The van der Waals surface area contributed by atoms with E-state index in [2.05, 4.69) is 19.2 Å². The van der Waals surface area contributed by atoms with Crippen molar-refractivity contribution in [3.8, 4) is 5.75 Å². The average molecular weight is 299 g/mol. The molecule has 0 unspecified atom stereocenters. The molecule has 2 aromatic carbocycles. The first-order valence-corrected chi connectivity index (χ1v) is 7.77. The number of benzene rings is 2. The van der Waals surface area contributed by atoms with E-state index in [0.29, 0.717) is 18.7 Å². The maximum Gasteiger partial charge on any atom is 0.222 e. The summed E-state index contributed by atoms with van der Waals surface area (Å²) < 4.78 is 0. The van der Waals surface area contributed by atoms with Crippen LogP contribution in [0.2, 0.25) is 0 Å². The maximum absolute atomic E-state index is 11.7. The van der Waals surface area contributed by atoms with Gasteiger partial charge in [0.05, 0.1) is 0 Å². The monoisotopic (exact) mass is 299 g/mol. The number of rotatable bonds is 5. The van der Waals surface area contributed by atoms with E-state index >= 15 is 0 Å². The number of aromatic hydroxyl groups is 1. The largest absolute Gasteiger partial charge is 0.507 e. The molecule has 0 atom stereocenters. The fraction of sp³-hybridized carbons (Fsp3) is 0.421. The molecule has 3 nitrogen and oxygen atoms in total. The van der Waals surface area contributed by atoms with E-state index in [-0.39, 0.29) is 17.2 Å². The molecule has 0 heterocycles. The fourth-order valence-electron chi connectivity index (χ4n) is 2.55. The number of hydrogen-bond acceptors (Lipinski definition) is 2. The predicted molar refractivity (Wildman–Crippen MR) is 90.9 cm³/mol. The van der Waals surface area contributed by atoms with Crippen molar-refractivity contribution < 1.29 is 9.90 Å². The molecule has 0 aliphatic carbocycles. The molecule has 0 aliphatic rings. The summed E-state index contributed by atoms with van der Waals surface area (Å²) in [4.78, 5) is 11.7. The van der Waals surface area contributed by atoms with Crippen LogP contribution in [0.4, 0.5) is 0 Å². The Morgan fingerprint density at radius 1 is 1.18 bits per heavy atom. The molecule has 0 radical (unpaired) electrons. The minimum Gasteiger partial charge on any atom is -0.507 e. The van der Waals surface area contributed by atoms with Crippen LogP contribution < -0.4 is 5.32 Å². The van der Waals surface area contributed by atoms with Crippen molar-refractivity contribution in [2.45, 2.75) is 34.1 Å². The standard InChI is InChI=1S/C19H25NO2/c1-13(2)18(22)20-12-19(3,4)11-15-10-9-14-7-5-6-8-16(14)17(15)21/h5-10,13,21H,11-12H2,1-4H3,(H,20,22). The lowest BCUT2D eigenvalue weighted by molar-refractivity contribution is -0.124. The number of amides is 1. The van der Waals surface area contributed by atoms with Gasteiger partial charge in [0.1, 0.15) is 5.75 Å². The molecule has 3 heteroatoms. The smallest absolute Gasteiger partial charge is 0.222 e. The van der Waals surface area contributed by atoms with Crippen molar-refractivity contribution in [3.63, 3.8) is 0 Å². The minimum absolute atomic E-state index is 0.00938. The number of phenolic OH excluding ortho intramolecular Hbond substituents is 1. The lowest BCUT2D eigenvalue weighted by Gasteiger charge is -2.26. The molecule has 2 aromatic rings. The van der Waals surface area contributed by atoms with Gasteiger partial charge in [-0.1, -0.05) is 64.1 Å². The fourth-order valence-corrected chi connectivity index (χ4v) is 2.55. The summed E-state index contributed by atoms with van der Waals surface area (Å²) in [6, 6.07) is 11.8. The quantitative estimate of drug-likeness (QED) is 0.880. The second-order valence-corrected chi connectivity index (χ2v) is 7.01. The van der Waals surface area contributed by atoms with Crippen LogP contribution in [0.25, 0.3) is 10.8 Å². The van der Waals surface area contributed by atoms with Crippen LogP contribution in [-0.4, -0.2) is 17.6 Å². The second kappa shape index (κ2) is 6.39. The van der Waals surface area contributed by atoms with Gasteiger partial charge >= 0.3 is 0 Å². The third-order valence-corrected chi connectivity index (χ3v) is 3.92. The normalized spacial score (nSPS) is 11.9. The summed E-state index contributed by atoms with van der Waals surface area (Å²) in [6.45, 7) is 8.57. The van der Waals surface area contributed by atoms with Gasteiger partial charge < -0.3 is 10.4 Å². The first-order chi connectivity index (χ1) is 10.3. The highest BCUT2D eigenvalue weighted by Gasteiger charge is 2.22. The molecule has 118 valence electrons. The Balaban J connectivity index is 2.15. The Bertz CT molecular complexity index is 674. The molecule has 0 fully saturated rings. The Kier molecular flexibility index (Phi) is 4.74. The molecule has 0 aliphatic heterocycles. The average Bonchev–Trinajstić information content (AvgIpc) is 2.48. The van der Waals surface area contributed by atoms with Gasteiger partial charge in [0.15, 0.2) is 0 Å². The highest BCUT2D eigenvalue weighted by atomic mass is 16.3. The zero-order chi connectivity index (χ0) is 16.3. The zero-order valence-electron chi connectivity index (χ0n) is 13.8. The van der Waals surface area contributed by atoms with Gasteiger partial charge in [0.25, 0.3) is 0 Å². The van der Waals surface area contributed by atoms with E-state index in [9.17, 15) is 9.90 Å². The topological polar surface area (TPSA) is 49.3 Å². The molecule has 0 aromatic heterocycles. The van der Waals surface area contributed by atoms with Crippen LogP contribution in [0.3, 0.4) is 0 Å². The second-order valence-electron chi connectivity index (χ2n) is 7.01. The molecule has 0 spiro atoms. The Hall–Kier alpha value is -2.03. The number of hydrogen-bond donors (Lipinski definition) is 2. The summed E-state index contributed by atoms with van der Waals surface area (Å²) in [5, 5.41) is 15.4. The predicted octanol–water partition coefficient (Wildman–Crippen LogP) is 3.89. The van der Waals surface area contributed by atoms with Crippen molar-refractivity contribution >= 4 is 16.7 Å². The molecule has 2 N–H and O–H groups in total. The van der Waals surface area contributed by atoms with E-state index in [0.717, 1.165) is 16.3 Å². The van der Waals surface area contributed by atoms with Gasteiger partial charge in [0, 0.05) is 17.8 Å². The number of fused-ring (bicyclic) bond motifs is 1. The molecular formula is C19H25NO2. The van der Waals surface area contributed by atoms with Crippen molar-refractivity contribution in [3.05, 3.63) is 42.0 Å². The third kappa shape index (κ3) is 3.79. The van der Waals surface area contributed by atoms with Gasteiger partial charge in [0.2, 0.25) is 5.91 Å². The van der Waals surface area contributed by atoms with Gasteiger partial charge in [-0.25, -0.2) is 0 Å². The Labute approximate surface area is 132 Å². The van der Waals surface area contributed by atoms with Crippen LogP contribution in [0, 0.1) is 11.3 Å². The summed E-state index contributed by atoms with van der Waals surface area (Å²) in [6.07, 6.45) is 0.710. The van der Waals surface area contributed by atoms with Crippen LogP contribution in [0.5, 0.6) is 5.75 Å². The van der Waals surface area contributed by atoms with Crippen molar-refractivity contribution in [2.75, 3.05) is 6.54 Å². The molecule has 22 heavy (non-hydrogen) atoms. The highest BCUT2D eigenvalue weighted by molar-refractivity contribution is 5.89. The van der Waals surface area contributed by atoms with E-state index in [1.54, 1.807) is 0 Å². The van der Waals surface area contributed by atoms with Gasteiger partial charge in [-0.05, 0) is 22.8 Å². The Morgan fingerprint density at radius 2 is 1.86 bits per heavy atom. The maximum atomic E-state index is 11.7. The lowest BCUT2D eigenvalue weighted by atomic mass is 9.84.